The van der Waals surface area contributed by atoms with Crippen molar-refractivity contribution in [2.75, 3.05) is 19.5 Å². The second kappa shape index (κ2) is 9.62. The van der Waals surface area contributed by atoms with Crippen LogP contribution in [0, 0.1) is 0 Å². The van der Waals surface area contributed by atoms with Crippen LogP contribution < -0.4 is 4.80 Å². The average Bonchev–Trinajstić information content (AvgIpc) is 3.04. The number of thiazole rings is 1. The van der Waals surface area contributed by atoms with Gasteiger partial charge in [-0.3, -0.25) is 4.79 Å². The summed E-state index contributed by atoms with van der Waals surface area (Å²) in [5.74, 6) is -0.355. The third kappa shape index (κ3) is 5.31. The first kappa shape index (κ1) is 23.0. The summed E-state index contributed by atoms with van der Waals surface area (Å²) in [6.45, 7) is 3.40. The van der Waals surface area contributed by atoms with Crippen LogP contribution in [0.3, 0.4) is 0 Å². The van der Waals surface area contributed by atoms with E-state index in [0.29, 0.717) is 40.2 Å². The van der Waals surface area contributed by atoms with Crippen LogP contribution in [0.4, 0.5) is 0 Å². The van der Waals surface area contributed by atoms with E-state index in [1.165, 1.54) is 23.5 Å². The van der Waals surface area contributed by atoms with Crippen LogP contribution in [0.1, 0.15) is 12.5 Å². The van der Waals surface area contributed by atoms with Gasteiger partial charge in [-0.25, -0.2) is 8.42 Å². The molecule has 1 amide bonds. The molecule has 3 aromatic rings. The topological polar surface area (TPSA) is 77.7 Å². The second-order valence-electron chi connectivity index (χ2n) is 6.54. The third-order valence-electron chi connectivity index (χ3n) is 4.32. The van der Waals surface area contributed by atoms with Gasteiger partial charge < -0.3 is 9.30 Å². The summed E-state index contributed by atoms with van der Waals surface area (Å²) in [5.41, 5.74) is 1.40. The van der Waals surface area contributed by atoms with Gasteiger partial charge in [-0.2, -0.15) is 4.99 Å². The number of aromatic nitrogens is 1. The van der Waals surface area contributed by atoms with Gasteiger partial charge in [-0.05, 0) is 36.8 Å². The minimum atomic E-state index is -3.28. The van der Waals surface area contributed by atoms with Gasteiger partial charge in [0, 0.05) is 19.4 Å². The number of amides is 1. The van der Waals surface area contributed by atoms with Gasteiger partial charge in [0.25, 0.3) is 5.91 Å². The van der Waals surface area contributed by atoms with Crippen molar-refractivity contribution in [2.45, 2.75) is 24.8 Å². The van der Waals surface area contributed by atoms with E-state index >= 15 is 0 Å². The number of rotatable bonds is 7. The normalized spacial score (nSPS) is 12.6. The number of fused-ring (bicyclic) bond motifs is 1. The molecule has 0 aliphatic carbocycles. The highest BCUT2D eigenvalue weighted by molar-refractivity contribution is 7.90. The molecule has 0 fully saturated rings. The van der Waals surface area contributed by atoms with Crippen molar-refractivity contribution in [2.24, 2.45) is 4.99 Å². The number of hydrogen-bond donors (Lipinski definition) is 0. The van der Waals surface area contributed by atoms with Crippen molar-refractivity contribution in [1.29, 1.82) is 0 Å². The number of carbonyl (C=O) groups excluding carboxylic acids is 1. The van der Waals surface area contributed by atoms with Gasteiger partial charge >= 0.3 is 0 Å². The Balaban J connectivity index is 1.96. The van der Waals surface area contributed by atoms with E-state index in [4.69, 9.17) is 27.9 Å². The van der Waals surface area contributed by atoms with Gasteiger partial charge in [0.15, 0.2) is 14.6 Å². The maximum absolute atomic E-state index is 12.6. The van der Waals surface area contributed by atoms with E-state index < -0.39 is 9.84 Å². The van der Waals surface area contributed by atoms with Crippen molar-refractivity contribution in [3.63, 3.8) is 0 Å². The van der Waals surface area contributed by atoms with Crippen LogP contribution in [0.15, 0.2) is 46.3 Å². The number of hydrogen-bond acceptors (Lipinski definition) is 5. The largest absolute Gasteiger partial charge is 0.380 e. The molecule has 30 heavy (non-hydrogen) atoms. The Morgan fingerprint density at radius 1 is 1.13 bits per heavy atom. The molecule has 3 rings (SSSR count). The van der Waals surface area contributed by atoms with Crippen molar-refractivity contribution >= 4 is 60.5 Å². The molecule has 0 N–H and O–H groups in total. The molecule has 0 aliphatic heterocycles. The zero-order valence-electron chi connectivity index (χ0n) is 16.4. The Labute approximate surface area is 188 Å². The fourth-order valence-corrected chi connectivity index (χ4v) is 5.20. The predicted octanol–water partition coefficient (Wildman–Crippen LogP) is 4.12. The maximum atomic E-state index is 12.6. The third-order valence-corrected chi connectivity index (χ3v) is 7.29. The highest BCUT2D eigenvalue weighted by Gasteiger charge is 2.14. The number of halogens is 2. The first-order valence-corrected chi connectivity index (χ1v) is 12.6. The molecule has 2 aromatic carbocycles. The Morgan fingerprint density at radius 3 is 2.43 bits per heavy atom. The average molecular weight is 487 g/mol. The summed E-state index contributed by atoms with van der Waals surface area (Å²) in [6.07, 6.45) is 1.19. The Bertz CT molecular complexity index is 1250. The molecule has 0 saturated carbocycles. The lowest BCUT2D eigenvalue weighted by Crippen LogP contribution is -2.20. The zero-order chi connectivity index (χ0) is 21.9. The van der Waals surface area contributed by atoms with Crippen LogP contribution in [0.25, 0.3) is 10.2 Å². The summed E-state index contributed by atoms with van der Waals surface area (Å²) >= 11 is 14.0. The highest BCUT2D eigenvalue weighted by Crippen LogP contribution is 2.31. The molecule has 6 nitrogen and oxygen atoms in total. The van der Waals surface area contributed by atoms with Crippen LogP contribution in [0.2, 0.25) is 10.0 Å². The molecule has 10 heteroatoms. The molecule has 0 radical (unpaired) electrons. The molecule has 0 aliphatic rings. The summed E-state index contributed by atoms with van der Waals surface area (Å²) in [7, 11) is -3.28. The van der Waals surface area contributed by atoms with Gasteiger partial charge in [0.2, 0.25) is 0 Å². The fourth-order valence-electron chi connectivity index (χ4n) is 2.88. The minimum absolute atomic E-state index is 0.0468. The number of sulfone groups is 1. The lowest BCUT2D eigenvalue weighted by Gasteiger charge is -2.07. The molecule has 1 heterocycles. The summed E-state index contributed by atoms with van der Waals surface area (Å²) < 4.78 is 31.2. The van der Waals surface area contributed by atoms with Crippen molar-refractivity contribution in [3.05, 3.63) is 56.8 Å². The highest BCUT2D eigenvalue weighted by atomic mass is 35.5. The van der Waals surface area contributed by atoms with Gasteiger partial charge in [-0.1, -0.05) is 46.7 Å². The van der Waals surface area contributed by atoms with E-state index in [1.54, 1.807) is 24.3 Å². The van der Waals surface area contributed by atoms with Crippen LogP contribution in [0.5, 0.6) is 0 Å². The Morgan fingerprint density at radius 2 is 1.80 bits per heavy atom. The summed E-state index contributed by atoms with van der Waals surface area (Å²) in [5, 5.41) is 1.06. The Kier molecular flexibility index (Phi) is 7.36. The maximum Gasteiger partial charge on any atom is 0.252 e. The van der Waals surface area contributed by atoms with Crippen LogP contribution in [-0.4, -0.2) is 38.4 Å². The van der Waals surface area contributed by atoms with Crippen molar-refractivity contribution < 1.29 is 17.9 Å². The van der Waals surface area contributed by atoms with E-state index in [9.17, 15) is 13.2 Å². The summed E-state index contributed by atoms with van der Waals surface area (Å²) in [6, 6.07) is 9.63. The first-order valence-electron chi connectivity index (χ1n) is 9.12. The van der Waals surface area contributed by atoms with Crippen LogP contribution >= 0.6 is 34.5 Å². The quantitative estimate of drug-likeness (QED) is 0.470. The standard InChI is InChI=1S/C20H20Cl2N2O4S2/c1-3-28-11-10-24-18-15(21)8-9-16(22)19(18)29-20(24)23-17(25)12-13-4-6-14(7-5-13)30(2,26)27/h4-9H,3,10-12H2,1-2H3. The second-order valence-corrected chi connectivity index (χ2v) is 10.3. The molecule has 0 atom stereocenters. The SMILES string of the molecule is CCOCCn1c(=NC(=O)Cc2ccc(S(C)(=O)=O)cc2)sc2c(Cl)ccc(Cl)c21. The number of carbonyl (C=O) groups is 1. The van der Waals surface area contributed by atoms with Crippen molar-refractivity contribution in [1.82, 2.24) is 4.57 Å². The summed E-state index contributed by atoms with van der Waals surface area (Å²) in [4.78, 5) is 17.6. The van der Waals surface area contributed by atoms with Crippen molar-refractivity contribution in [3.8, 4) is 0 Å². The van der Waals surface area contributed by atoms with Gasteiger partial charge in [0.05, 0.1) is 38.2 Å². The van der Waals surface area contributed by atoms with Crippen LogP contribution in [-0.2, 0) is 32.3 Å². The Hall–Kier alpha value is -1.71. The molecular weight excluding hydrogens is 467 g/mol. The zero-order valence-corrected chi connectivity index (χ0v) is 19.5. The number of benzene rings is 2. The number of ether oxygens (including phenoxy) is 1. The number of nitrogens with zero attached hydrogens (tertiary/aromatic N) is 2. The minimum Gasteiger partial charge on any atom is -0.380 e. The molecule has 0 bridgehead atoms. The first-order chi connectivity index (χ1) is 14.2. The molecule has 0 saturated heterocycles. The molecule has 160 valence electrons. The smallest absolute Gasteiger partial charge is 0.252 e. The molecule has 1 aromatic heterocycles. The van der Waals surface area contributed by atoms with E-state index in [-0.39, 0.29) is 17.2 Å². The monoisotopic (exact) mass is 486 g/mol. The lowest BCUT2D eigenvalue weighted by atomic mass is 10.1. The van der Waals surface area contributed by atoms with E-state index in [2.05, 4.69) is 4.99 Å². The van der Waals surface area contributed by atoms with E-state index in [0.717, 1.165) is 16.5 Å². The molecular formula is C20H20Cl2N2O4S2. The lowest BCUT2D eigenvalue weighted by molar-refractivity contribution is -0.117. The van der Waals surface area contributed by atoms with Gasteiger partial charge in [-0.15, -0.1) is 0 Å². The molecule has 0 spiro atoms. The predicted molar refractivity (Wildman–Crippen MR) is 120 cm³/mol. The van der Waals surface area contributed by atoms with Gasteiger partial charge in [0.1, 0.15) is 0 Å². The van der Waals surface area contributed by atoms with E-state index in [1.807, 2.05) is 11.5 Å². The molecule has 0 unspecified atom stereocenters. The fraction of sp³-hybridized carbons (Fsp3) is 0.300.